The second-order valence-electron chi connectivity index (χ2n) is 3.39. The Balaban J connectivity index is 2.55. The van der Waals surface area contributed by atoms with Gasteiger partial charge in [0, 0.05) is 12.0 Å². The molecule has 1 heterocycles. The highest BCUT2D eigenvalue weighted by atomic mass is 79.9. The maximum absolute atomic E-state index is 8.89. The Bertz CT molecular complexity index is 408. The number of ether oxygens (including phenoxy) is 1. The van der Waals surface area contributed by atoms with Crippen molar-refractivity contribution < 1.29 is 4.74 Å². The first kappa shape index (κ1) is 9.54. The molecule has 1 atom stereocenters. The molecule has 0 amide bonds. The van der Waals surface area contributed by atoms with E-state index in [1.54, 1.807) is 0 Å². The SMILES string of the molecule is CC(C#N)c1ccc(Br)c2c1CCO2. The molecule has 1 aromatic carbocycles. The van der Waals surface area contributed by atoms with Crippen LogP contribution in [-0.4, -0.2) is 6.61 Å². The molecule has 1 unspecified atom stereocenters. The lowest BCUT2D eigenvalue weighted by atomic mass is 9.95. The second kappa shape index (κ2) is 3.62. The van der Waals surface area contributed by atoms with Gasteiger partial charge in [0.25, 0.3) is 0 Å². The minimum Gasteiger partial charge on any atom is -0.492 e. The van der Waals surface area contributed by atoms with Crippen LogP contribution >= 0.6 is 15.9 Å². The number of nitrogens with zero attached hydrogens (tertiary/aromatic N) is 1. The highest BCUT2D eigenvalue weighted by Crippen LogP contribution is 2.38. The summed E-state index contributed by atoms with van der Waals surface area (Å²) in [6.07, 6.45) is 0.913. The van der Waals surface area contributed by atoms with Crippen molar-refractivity contribution in [3.05, 3.63) is 27.7 Å². The molecule has 0 N–H and O–H groups in total. The van der Waals surface area contributed by atoms with E-state index in [-0.39, 0.29) is 5.92 Å². The lowest BCUT2D eigenvalue weighted by molar-refractivity contribution is 0.355. The summed E-state index contributed by atoms with van der Waals surface area (Å²) in [6, 6.07) is 6.22. The van der Waals surface area contributed by atoms with E-state index in [1.807, 2.05) is 19.1 Å². The van der Waals surface area contributed by atoms with E-state index in [1.165, 1.54) is 5.56 Å². The maximum atomic E-state index is 8.89. The molecule has 0 fully saturated rings. The van der Waals surface area contributed by atoms with Gasteiger partial charge in [0.1, 0.15) is 5.75 Å². The summed E-state index contributed by atoms with van der Waals surface area (Å²) in [5, 5.41) is 8.89. The molecule has 2 rings (SSSR count). The minimum absolute atomic E-state index is 0.0569. The third-order valence-electron chi connectivity index (χ3n) is 2.51. The van der Waals surface area contributed by atoms with E-state index in [0.717, 1.165) is 28.8 Å². The number of benzene rings is 1. The number of rotatable bonds is 1. The van der Waals surface area contributed by atoms with Crippen molar-refractivity contribution in [2.24, 2.45) is 0 Å². The molecule has 72 valence electrons. The molecule has 3 heteroatoms. The molecule has 0 bridgehead atoms. The fourth-order valence-electron chi connectivity index (χ4n) is 1.76. The Kier molecular flexibility index (Phi) is 2.47. The maximum Gasteiger partial charge on any atom is 0.137 e. The number of nitriles is 1. The highest BCUT2D eigenvalue weighted by Gasteiger charge is 2.21. The zero-order chi connectivity index (χ0) is 10.1. The molecular weight excluding hydrogens is 242 g/mol. The van der Waals surface area contributed by atoms with Gasteiger partial charge in [-0.25, -0.2) is 0 Å². The van der Waals surface area contributed by atoms with E-state index < -0.39 is 0 Å². The normalized spacial score (nSPS) is 15.5. The monoisotopic (exact) mass is 251 g/mol. The van der Waals surface area contributed by atoms with E-state index in [4.69, 9.17) is 10.00 Å². The van der Waals surface area contributed by atoms with Crippen LogP contribution < -0.4 is 4.74 Å². The van der Waals surface area contributed by atoms with Crippen LogP contribution in [0.25, 0.3) is 0 Å². The van der Waals surface area contributed by atoms with Gasteiger partial charge in [-0.1, -0.05) is 6.07 Å². The first-order valence-electron chi connectivity index (χ1n) is 4.57. The Labute approximate surface area is 91.6 Å². The van der Waals surface area contributed by atoms with Crippen LogP contribution in [0.15, 0.2) is 16.6 Å². The summed E-state index contributed by atoms with van der Waals surface area (Å²) >= 11 is 3.44. The molecule has 0 spiro atoms. The van der Waals surface area contributed by atoms with Crippen LogP contribution in [-0.2, 0) is 6.42 Å². The summed E-state index contributed by atoms with van der Waals surface area (Å²) in [4.78, 5) is 0. The topological polar surface area (TPSA) is 33.0 Å². The molecule has 0 saturated carbocycles. The van der Waals surface area contributed by atoms with Crippen molar-refractivity contribution in [2.45, 2.75) is 19.3 Å². The predicted octanol–water partition coefficient (Wildman–Crippen LogP) is 3.01. The molecule has 1 aromatic rings. The first-order valence-corrected chi connectivity index (χ1v) is 5.37. The van der Waals surface area contributed by atoms with Crippen LogP contribution in [0.1, 0.15) is 24.0 Å². The minimum atomic E-state index is -0.0569. The molecular formula is C11H10BrNO. The Hall–Kier alpha value is -1.01. The van der Waals surface area contributed by atoms with Crippen LogP contribution in [0, 0.1) is 11.3 Å². The van der Waals surface area contributed by atoms with Crippen molar-refractivity contribution in [1.82, 2.24) is 0 Å². The van der Waals surface area contributed by atoms with Crippen LogP contribution in [0.5, 0.6) is 5.75 Å². The lowest BCUT2D eigenvalue weighted by Crippen LogP contribution is -1.95. The van der Waals surface area contributed by atoms with Crippen molar-refractivity contribution in [3.63, 3.8) is 0 Å². The third-order valence-corrected chi connectivity index (χ3v) is 3.13. The van der Waals surface area contributed by atoms with Crippen molar-refractivity contribution in [1.29, 1.82) is 5.26 Å². The molecule has 0 saturated heterocycles. The van der Waals surface area contributed by atoms with E-state index in [2.05, 4.69) is 22.0 Å². The molecule has 0 radical (unpaired) electrons. The molecule has 2 nitrogen and oxygen atoms in total. The van der Waals surface area contributed by atoms with Crippen LogP contribution in [0.4, 0.5) is 0 Å². The molecule has 14 heavy (non-hydrogen) atoms. The number of halogens is 1. The van der Waals surface area contributed by atoms with Gasteiger partial charge in [-0.2, -0.15) is 5.26 Å². The fourth-order valence-corrected chi connectivity index (χ4v) is 2.24. The Morgan fingerprint density at radius 3 is 3.07 bits per heavy atom. The van der Waals surface area contributed by atoms with Gasteiger partial charge >= 0.3 is 0 Å². The fraction of sp³-hybridized carbons (Fsp3) is 0.364. The largest absolute Gasteiger partial charge is 0.492 e. The van der Waals surface area contributed by atoms with Crippen LogP contribution in [0.2, 0.25) is 0 Å². The average molecular weight is 252 g/mol. The van der Waals surface area contributed by atoms with E-state index >= 15 is 0 Å². The highest BCUT2D eigenvalue weighted by molar-refractivity contribution is 9.10. The number of fused-ring (bicyclic) bond motifs is 1. The van der Waals surface area contributed by atoms with Gasteiger partial charge in [-0.05, 0) is 34.5 Å². The number of hydrogen-bond donors (Lipinski definition) is 0. The Morgan fingerprint density at radius 1 is 1.57 bits per heavy atom. The van der Waals surface area contributed by atoms with E-state index in [9.17, 15) is 0 Å². The predicted molar refractivity (Wildman–Crippen MR) is 57.4 cm³/mol. The molecule has 0 aromatic heterocycles. The van der Waals surface area contributed by atoms with Crippen molar-refractivity contribution >= 4 is 15.9 Å². The lowest BCUT2D eigenvalue weighted by Gasteiger charge is -2.09. The number of hydrogen-bond acceptors (Lipinski definition) is 2. The molecule has 0 aliphatic carbocycles. The van der Waals surface area contributed by atoms with Crippen molar-refractivity contribution in [3.8, 4) is 11.8 Å². The van der Waals surface area contributed by atoms with Gasteiger partial charge in [-0.3, -0.25) is 0 Å². The van der Waals surface area contributed by atoms with Crippen molar-refractivity contribution in [2.75, 3.05) is 6.61 Å². The summed E-state index contributed by atoms with van der Waals surface area (Å²) in [5.74, 6) is 0.864. The summed E-state index contributed by atoms with van der Waals surface area (Å²) in [5.41, 5.74) is 2.29. The smallest absolute Gasteiger partial charge is 0.137 e. The van der Waals surface area contributed by atoms with Crippen LogP contribution in [0.3, 0.4) is 0 Å². The van der Waals surface area contributed by atoms with Gasteiger partial charge in [0.05, 0.1) is 23.1 Å². The van der Waals surface area contributed by atoms with Gasteiger partial charge in [0.15, 0.2) is 0 Å². The zero-order valence-electron chi connectivity index (χ0n) is 7.88. The molecule has 1 aliphatic heterocycles. The Morgan fingerprint density at radius 2 is 2.36 bits per heavy atom. The third kappa shape index (κ3) is 1.40. The van der Waals surface area contributed by atoms with Gasteiger partial charge in [0.2, 0.25) is 0 Å². The molecule has 1 aliphatic rings. The summed E-state index contributed by atoms with van der Waals surface area (Å²) in [7, 11) is 0. The van der Waals surface area contributed by atoms with Gasteiger partial charge < -0.3 is 4.74 Å². The van der Waals surface area contributed by atoms with Gasteiger partial charge in [-0.15, -0.1) is 0 Å². The second-order valence-corrected chi connectivity index (χ2v) is 4.25. The standard InChI is InChI=1S/C11H10BrNO/c1-7(6-13)8-2-3-10(12)11-9(8)4-5-14-11/h2-3,7H,4-5H2,1H3. The first-order chi connectivity index (χ1) is 6.74. The summed E-state index contributed by atoms with van der Waals surface area (Å²) < 4.78 is 6.49. The zero-order valence-corrected chi connectivity index (χ0v) is 9.47. The quantitative estimate of drug-likeness (QED) is 0.769. The summed E-state index contributed by atoms with van der Waals surface area (Å²) in [6.45, 7) is 2.64. The average Bonchev–Trinajstić information content (AvgIpc) is 2.67. The van der Waals surface area contributed by atoms with E-state index in [0.29, 0.717) is 0 Å².